The van der Waals surface area contributed by atoms with Crippen LogP contribution in [-0.4, -0.2) is 23.3 Å². The van der Waals surface area contributed by atoms with Gasteiger partial charge in [-0.15, -0.1) is 22.7 Å². The van der Waals surface area contributed by atoms with Crippen molar-refractivity contribution in [2.24, 2.45) is 5.41 Å². The molecule has 28 heavy (non-hydrogen) atoms. The number of Topliss-reactive ketones (excluding diaryl/α,β-unsaturated/α-hetero) is 1. The summed E-state index contributed by atoms with van der Waals surface area (Å²) in [7, 11) is 0. The molecule has 1 spiro atoms. The number of hydrogen-bond donors (Lipinski definition) is 0. The molecule has 146 valence electrons. The topological polar surface area (TPSA) is 35.5 Å². The molecule has 2 aromatic heterocycles. The zero-order valence-electron chi connectivity index (χ0n) is 16.4. The first-order chi connectivity index (χ1) is 13.4. The summed E-state index contributed by atoms with van der Waals surface area (Å²) in [6.45, 7) is 5.81. The monoisotopic (exact) mass is 412 g/mol. The Morgan fingerprint density at radius 3 is 2.00 bits per heavy atom. The third-order valence-corrected chi connectivity index (χ3v) is 8.26. The second kappa shape index (κ2) is 6.23. The molecule has 0 unspecified atom stereocenters. The van der Waals surface area contributed by atoms with Gasteiger partial charge in [-0.05, 0) is 86.2 Å². The first kappa shape index (κ1) is 18.5. The molecule has 1 saturated carbocycles. The van der Waals surface area contributed by atoms with Crippen LogP contribution in [0.25, 0.3) is 12.2 Å². The normalized spacial score (nSPS) is 36.8. The van der Waals surface area contributed by atoms with E-state index >= 15 is 0 Å². The van der Waals surface area contributed by atoms with Crippen molar-refractivity contribution in [1.29, 1.82) is 0 Å². The van der Waals surface area contributed by atoms with Crippen LogP contribution in [0.3, 0.4) is 0 Å². The lowest BCUT2D eigenvalue weighted by atomic mass is 9.66. The van der Waals surface area contributed by atoms with Crippen molar-refractivity contribution in [3.05, 3.63) is 55.9 Å². The molecular formula is C23H24O3S2. The van der Waals surface area contributed by atoms with E-state index in [2.05, 4.69) is 47.2 Å². The van der Waals surface area contributed by atoms with E-state index in [1.54, 1.807) is 22.7 Å². The van der Waals surface area contributed by atoms with Crippen LogP contribution < -0.4 is 0 Å². The van der Waals surface area contributed by atoms with E-state index in [-0.39, 0.29) is 5.78 Å². The zero-order valence-corrected chi connectivity index (χ0v) is 18.0. The van der Waals surface area contributed by atoms with Crippen molar-refractivity contribution in [3.63, 3.8) is 0 Å². The number of carbonyl (C=O) groups is 1. The quantitative estimate of drug-likeness (QED) is 0.612. The maximum absolute atomic E-state index is 13.4. The van der Waals surface area contributed by atoms with Gasteiger partial charge in [0.15, 0.2) is 17.7 Å². The molecule has 2 bridgehead atoms. The summed E-state index contributed by atoms with van der Waals surface area (Å²) < 4.78 is 13.1. The summed E-state index contributed by atoms with van der Waals surface area (Å²) >= 11 is 3.42. The van der Waals surface area contributed by atoms with Crippen LogP contribution in [0.1, 0.15) is 49.8 Å². The number of hydrogen-bond acceptors (Lipinski definition) is 5. The van der Waals surface area contributed by atoms with Gasteiger partial charge in [0.2, 0.25) is 0 Å². The average Bonchev–Trinajstić information content (AvgIpc) is 3.41. The van der Waals surface area contributed by atoms with Crippen molar-refractivity contribution >= 4 is 40.6 Å². The van der Waals surface area contributed by atoms with E-state index in [0.29, 0.717) is 0 Å². The molecule has 2 saturated heterocycles. The summed E-state index contributed by atoms with van der Waals surface area (Å²) in [5.41, 5.74) is 0.902. The van der Waals surface area contributed by atoms with Gasteiger partial charge in [0, 0.05) is 9.75 Å². The van der Waals surface area contributed by atoms with Crippen molar-refractivity contribution in [1.82, 2.24) is 0 Å². The van der Waals surface area contributed by atoms with Gasteiger partial charge in [-0.25, -0.2) is 0 Å². The Labute approximate surface area is 173 Å². The molecule has 4 heterocycles. The summed E-state index contributed by atoms with van der Waals surface area (Å²) in [4.78, 5) is 15.8. The fraction of sp³-hybridized carbons (Fsp3) is 0.435. The lowest BCUT2D eigenvalue weighted by Crippen LogP contribution is -2.59. The number of fused-ring (bicyclic) bond motifs is 3. The fourth-order valence-corrected chi connectivity index (χ4v) is 6.08. The number of rotatable bonds is 2. The number of carbonyl (C=O) groups excluding carboxylic acids is 1. The number of ether oxygens (including phenoxy) is 2. The van der Waals surface area contributed by atoms with E-state index in [1.807, 2.05) is 20.8 Å². The Bertz CT molecular complexity index is 913. The van der Waals surface area contributed by atoms with Gasteiger partial charge in [-0.1, -0.05) is 12.1 Å². The van der Waals surface area contributed by atoms with Crippen LogP contribution >= 0.6 is 22.7 Å². The summed E-state index contributed by atoms with van der Waals surface area (Å²) in [6, 6.07) is 8.35. The smallest absolute Gasteiger partial charge is 0.180 e. The fourth-order valence-electron chi connectivity index (χ4n) is 4.72. The maximum atomic E-state index is 13.4. The molecular weight excluding hydrogens is 388 g/mol. The molecule has 2 aliphatic heterocycles. The van der Waals surface area contributed by atoms with Crippen LogP contribution in [0, 0.1) is 5.41 Å². The minimum atomic E-state index is -0.908. The van der Waals surface area contributed by atoms with Crippen molar-refractivity contribution in [2.75, 3.05) is 0 Å². The molecule has 0 amide bonds. The predicted octanol–water partition coefficient (Wildman–Crippen LogP) is 5.94. The molecule has 3 aliphatic rings. The Balaban J connectivity index is 1.70. The highest BCUT2D eigenvalue weighted by atomic mass is 32.1. The highest BCUT2D eigenvalue weighted by molar-refractivity contribution is 7.11. The van der Waals surface area contributed by atoms with Crippen LogP contribution in [0.15, 0.2) is 46.2 Å². The average molecular weight is 413 g/mol. The molecule has 5 rings (SSSR count). The molecule has 5 heteroatoms. The SMILES string of the molecule is CC1(C)C(=O)[C@@H]2O[C@@]1(C)OC21/C(=C/c2cccs2)CCC/C1=C\c1cccs1. The van der Waals surface area contributed by atoms with E-state index in [4.69, 9.17) is 9.47 Å². The molecule has 3 nitrogen and oxygen atoms in total. The minimum Gasteiger partial charge on any atom is -0.334 e. The van der Waals surface area contributed by atoms with Gasteiger partial charge in [-0.2, -0.15) is 0 Å². The van der Waals surface area contributed by atoms with Crippen LogP contribution in [0.5, 0.6) is 0 Å². The summed E-state index contributed by atoms with van der Waals surface area (Å²) in [5, 5.41) is 4.16. The lowest BCUT2D eigenvalue weighted by molar-refractivity contribution is -0.210. The van der Waals surface area contributed by atoms with E-state index in [1.165, 1.54) is 20.9 Å². The van der Waals surface area contributed by atoms with Crippen LogP contribution in [0.4, 0.5) is 0 Å². The molecule has 0 radical (unpaired) electrons. The van der Waals surface area contributed by atoms with Gasteiger partial charge in [0.25, 0.3) is 0 Å². The number of thiophene rings is 2. The highest BCUT2D eigenvalue weighted by Gasteiger charge is 2.74. The summed E-state index contributed by atoms with van der Waals surface area (Å²) in [5.74, 6) is -0.757. The van der Waals surface area contributed by atoms with E-state index < -0.39 is 22.9 Å². The van der Waals surface area contributed by atoms with Crippen molar-refractivity contribution < 1.29 is 14.3 Å². The van der Waals surface area contributed by atoms with Gasteiger partial charge in [0.1, 0.15) is 5.60 Å². The van der Waals surface area contributed by atoms with E-state index in [9.17, 15) is 4.79 Å². The van der Waals surface area contributed by atoms with Gasteiger partial charge >= 0.3 is 0 Å². The number of ketones is 1. The lowest BCUT2D eigenvalue weighted by Gasteiger charge is -2.47. The molecule has 0 aromatic carbocycles. The second-order valence-electron chi connectivity index (χ2n) is 8.49. The third kappa shape index (κ3) is 2.43. The maximum Gasteiger partial charge on any atom is 0.180 e. The standard InChI is InChI=1S/C23H24O3S2/c1-21(2)19(24)20-23(26-22(21,3)25-20)15(13-17-9-5-11-27-17)7-4-8-16(23)14-18-10-6-12-28-18/h5-6,9-14,20H,4,7-8H2,1-3H3/b15-13+,16-14+/t20-,22-/m0/s1. The Morgan fingerprint density at radius 2 is 1.57 bits per heavy atom. The van der Waals surface area contributed by atoms with E-state index in [0.717, 1.165) is 19.3 Å². The van der Waals surface area contributed by atoms with Gasteiger partial charge in [0.05, 0.1) is 5.41 Å². The van der Waals surface area contributed by atoms with Crippen molar-refractivity contribution in [2.45, 2.75) is 57.5 Å². The molecule has 0 N–H and O–H groups in total. The first-order valence-electron chi connectivity index (χ1n) is 9.78. The van der Waals surface area contributed by atoms with Gasteiger partial charge in [-0.3, -0.25) is 4.79 Å². The Kier molecular flexibility index (Phi) is 4.12. The Morgan fingerprint density at radius 1 is 1.00 bits per heavy atom. The summed E-state index contributed by atoms with van der Waals surface area (Å²) in [6.07, 6.45) is 6.76. The molecule has 2 aromatic rings. The highest BCUT2D eigenvalue weighted by Crippen LogP contribution is 2.62. The first-order valence-corrected chi connectivity index (χ1v) is 11.5. The minimum absolute atomic E-state index is 0.150. The van der Waals surface area contributed by atoms with Crippen molar-refractivity contribution in [3.8, 4) is 0 Å². The van der Waals surface area contributed by atoms with Gasteiger partial charge < -0.3 is 9.47 Å². The second-order valence-corrected chi connectivity index (χ2v) is 10.5. The zero-order chi connectivity index (χ0) is 19.6. The molecule has 3 fully saturated rings. The van der Waals surface area contributed by atoms with Crippen LogP contribution in [-0.2, 0) is 14.3 Å². The predicted molar refractivity (Wildman–Crippen MR) is 114 cm³/mol. The van der Waals surface area contributed by atoms with Crippen LogP contribution in [0.2, 0.25) is 0 Å². The molecule has 2 atom stereocenters. The third-order valence-electron chi connectivity index (χ3n) is 6.62. The Hall–Kier alpha value is -1.53. The molecule has 1 aliphatic carbocycles. The largest absolute Gasteiger partial charge is 0.334 e.